The summed E-state index contributed by atoms with van der Waals surface area (Å²) >= 11 is 0. The molecule has 0 unspecified atom stereocenters. The summed E-state index contributed by atoms with van der Waals surface area (Å²) in [6.07, 6.45) is 3.12. The Morgan fingerprint density at radius 3 is 2.37 bits per heavy atom. The molecule has 0 amide bonds. The average molecular weight is 801 g/mol. The number of hydrogen-bond acceptors (Lipinski definition) is 10. The molecule has 0 fully saturated rings. The van der Waals surface area contributed by atoms with E-state index in [2.05, 4.69) is 39.9 Å². The maximum Gasteiger partial charge on any atom is 0.164 e. The van der Waals surface area contributed by atoms with Crippen molar-refractivity contribution in [1.82, 2.24) is 15.6 Å². The zero-order valence-electron chi connectivity index (χ0n) is 33.8. The van der Waals surface area contributed by atoms with Gasteiger partial charge in [0.15, 0.2) is 23.0 Å². The molecule has 7 N–H and O–H groups in total. The Morgan fingerprint density at radius 1 is 0.814 bits per heavy atom. The van der Waals surface area contributed by atoms with Gasteiger partial charge in [0.05, 0.1) is 19.3 Å². The maximum absolute atomic E-state index is 14.7. The van der Waals surface area contributed by atoms with Crippen molar-refractivity contribution in [2.24, 2.45) is 5.92 Å². The van der Waals surface area contributed by atoms with Crippen LogP contribution in [0.5, 0.6) is 28.7 Å². The molecule has 0 saturated heterocycles. The lowest BCUT2D eigenvalue weighted by atomic mass is 9.80. The molecule has 6 aromatic rings. The number of aromatic hydroxyl groups is 3. The minimum absolute atomic E-state index is 0.0180. The lowest BCUT2D eigenvalue weighted by molar-refractivity contribution is -0.123. The van der Waals surface area contributed by atoms with Crippen LogP contribution >= 0.6 is 0 Å². The van der Waals surface area contributed by atoms with Crippen molar-refractivity contribution in [2.45, 2.75) is 63.7 Å². The second-order valence-corrected chi connectivity index (χ2v) is 15.3. The second-order valence-electron chi connectivity index (χ2n) is 15.3. The molecule has 5 aromatic carbocycles. The molecular weight excluding hydrogens is 747 g/mol. The van der Waals surface area contributed by atoms with Gasteiger partial charge in [0.1, 0.15) is 18.3 Å². The smallest absolute Gasteiger partial charge is 0.164 e. The summed E-state index contributed by atoms with van der Waals surface area (Å²) < 4.78 is 11.6. The number of nitrogens with one attached hydrogen (secondary N) is 2. The predicted octanol–water partition coefficient (Wildman–Crippen LogP) is 6.29. The Hall–Kier alpha value is -5.85. The van der Waals surface area contributed by atoms with Gasteiger partial charge in [0.25, 0.3) is 0 Å². The lowest BCUT2D eigenvalue weighted by Crippen LogP contribution is -2.30. The highest BCUT2D eigenvalue weighted by Crippen LogP contribution is 2.38. The maximum atomic E-state index is 14.7. The standard InChI is InChI=1S/C48H54N3O8/c1-30(52)26-51-29-59-47-21-31(11-13-43(47)54)20-41(37-18-33(27-49-2)19-39(53)23-37)46(57)25-45(56)38(17-32-15-16-50-28-32)22-36-12-14-44(55)48(58-3)42(36)24-35-9-6-8-34-7-4-5-10-40(34)35/h4-16,18-19,21,23,28,30,38,41,45,49,51-56H,17,20,22,24-27,29H2,1-3H3/q-1/t30-,38+,41+,45+/m0/s1. The van der Waals surface area contributed by atoms with Crippen LogP contribution in [0.2, 0.25) is 0 Å². The van der Waals surface area contributed by atoms with E-state index in [1.807, 2.05) is 36.4 Å². The average Bonchev–Trinajstić information content (AvgIpc) is 3.73. The molecule has 0 saturated carbocycles. The number of Topliss-reactive ketones (excluding diaryl/α,β-unsaturated/α-hetero) is 1. The molecule has 4 atom stereocenters. The number of ether oxygens (including phenoxy) is 2. The third-order valence-electron chi connectivity index (χ3n) is 10.7. The molecule has 1 aromatic heterocycles. The number of aliphatic hydroxyl groups is 2. The number of rotatable bonds is 21. The first-order valence-electron chi connectivity index (χ1n) is 19.9. The predicted molar refractivity (Wildman–Crippen MR) is 228 cm³/mol. The first kappa shape index (κ1) is 42.7. The Labute approximate surface area is 345 Å². The molecule has 0 aliphatic carbocycles. The fourth-order valence-corrected chi connectivity index (χ4v) is 7.85. The third-order valence-corrected chi connectivity index (χ3v) is 10.7. The lowest BCUT2D eigenvalue weighted by Gasteiger charge is -2.27. The van der Waals surface area contributed by atoms with Crippen LogP contribution in [0, 0.1) is 5.92 Å². The van der Waals surface area contributed by atoms with Crippen molar-refractivity contribution < 1.29 is 39.8 Å². The van der Waals surface area contributed by atoms with E-state index in [1.165, 1.54) is 13.2 Å². The van der Waals surface area contributed by atoms with E-state index in [9.17, 15) is 30.3 Å². The van der Waals surface area contributed by atoms with Crippen molar-refractivity contribution in [1.29, 1.82) is 0 Å². The molecule has 0 bridgehead atoms. The Kier molecular flexibility index (Phi) is 14.6. The molecule has 59 heavy (non-hydrogen) atoms. The van der Waals surface area contributed by atoms with Gasteiger partial charge in [0, 0.05) is 37.4 Å². The van der Waals surface area contributed by atoms with Gasteiger partial charge in [-0.2, -0.15) is 12.4 Å². The highest BCUT2D eigenvalue weighted by molar-refractivity contribution is 5.87. The molecule has 6 rings (SSSR count). The van der Waals surface area contributed by atoms with E-state index in [1.54, 1.807) is 56.7 Å². The van der Waals surface area contributed by atoms with Crippen LogP contribution in [-0.4, -0.2) is 71.0 Å². The van der Waals surface area contributed by atoms with Gasteiger partial charge < -0.3 is 45.3 Å². The van der Waals surface area contributed by atoms with E-state index < -0.39 is 24.0 Å². The monoisotopic (exact) mass is 800 g/mol. The van der Waals surface area contributed by atoms with Crippen molar-refractivity contribution in [2.75, 3.05) is 27.4 Å². The van der Waals surface area contributed by atoms with Crippen molar-refractivity contribution in [3.8, 4) is 28.7 Å². The SMILES string of the molecule is CNCc1cc(O)cc([C@@H](Cc2ccc(O)c(OCNC[C@H](C)O)c2)C(=O)C[C@@H](O)[C@H](Cc2cc[n-]c2)Cc2ccc(O)c(OC)c2Cc2cccc3ccccc23)c1. The number of phenols is 3. The summed E-state index contributed by atoms with van der Waals surface area (Å²) in [7, 11) is 3.34. The van der Waals surface area contributed by atoms with Crippen LogP contribution in [0.15, 0.2) is 109 Å². The number of fused-ring (bicyclic) bond motifs is 1. The molecule has 1 heterocycles. The largest absolute Gasteiger partial charge is 0.670 e. The van der Waals surface area contributed by atoms with Crippen LogP contribution < -0.4 is 25.1 Å². The summed E-state index contributed by atoms with van der Waals surface area (Å²) in [5.41, 5.74) is 5.75. The summed E-state index contributed by atoms with van der Waals surface area (Å²) in [5.74, 6) is -0.882. The van der Waals surface area contributed by atoms with Crippen LogP contribution in [0.4, 0.5) is 0 Å². The van der Waals surface area contributed by atoms with E-state index in [0.717, 1.165) is 38.6 Å². The molecule has 310 valence electrons. The number of ketones is 1. The fourth-order valence-electron chi connectivity index (χ4n) is 7.85. The fraction of sp³-hybridized carbons (Fsp3) is 0.312. The molecular formula is C48H54N3O8-. The van der Waals surface area contributed by atoms with Gasteiger partial charge in [-0.1, -0.05) is 72.3 Å². The number of hydrogen-bond donors (Lipinski definition) is 7. The van der Waals surface area contributed by atoms with E-state index >= 15 is 0 Å². The summed E-state index contributed by atoms with van der Waals surface area (Å²) in [4.78, 5) is 18.9. The van der Waals surface area contributed by atoms with Crippen LogP contribution in [0.1, 0.15) is 58.2 Å². The van der Waals surface area contributed by atoms with Crippen LogP contribution in [0.3, 0.4) is 0 Å². The van der Waals surface area contributed by atoms with Gasteiger partial charge in [-0.05, 0) is 108 Å². The summed E-state index contributed by atoms with van der Waals surface area (Å²) in [6.45, 7) is 2.47. The van der Waals surface area contributed by atoms with Gasteiger partial charge in [-0.25, -0.2) is 0 Å². The first-order valence-corrected chi connectivity index (χ1v) is 19.9. The number of aromatic nitrogens is 1. The molecule has 11 nitrogen and oxygen atoms in total. The Morgan fingerprint density at radius 2 is 1.61 bits per heavy atom. The zero-order valence-corrected chi connectivity index (χ0v) is 33.8. The molecule has 0 aliphatic rings. The van der Waals surface area contributed by atoms with Crippen molar-refractivity contribution in [3.63, 3.8) is 0 Å². The zero-order chi connectivity index (χ0) is 41.9. The number of carbonyl (C=O) groups excluding carboxylic acids is 1. The normalized spacial score (nSPS) is 13.5. The first-order chi connectivity index (χ1) is 28.5. The topological polar surface area (TPSA) is 175 Å². The third kappa shape index (κ3) is 11.2. The Bertz CT molecular complexity index is 2300. The van der Waals surface area contributed by atoms with Crippen LogP contribution in [-0.2, 0) is 37.0 Å². The minimum atomic E-state index is -1.09. The summed E-state index contributed by atoms with van der Waals surface area (Å²) in [5, 5.41) is 62.3. The molecule has 0 spiro atoms. The second kappa shape index (κ2) is 20.2. The Balaban J connectivity index is 1.32. The molecule has 0 aliphatic heterocycles. The van der Waals surface area contributed by atoms with Gasteiger partial charge >= 0.3 is 0 Å². The van der Waals surface area contributed by atoms with E-state index in [4.69, 9.17) is 9.47 Å². The van der Waals surface area contributed by atoms with Gasteiger partial charge in [-0.15, -0.1) is 0 Å². The van der Waals surface area contributed by atoms with E-state index in [-0.39, 0.29) is 48.4 Å². The highest BCUT2D eigenvalue weighted by atomic mass is 16.5. The van der Waals surface area contributed by atoms with Crippen molar-refractivity contribution >= 4 is 16.6 Å². The quantitative estimate of drug-likeness (QED) is 0.0322. The van der Waals surface area contributed by atoms with Gasteiger partial charge in [-0.3, -0.25) is 10.1 Å². The van der Waals surface area contributed by atoms with Gasteiger partial charge in [0.2, 0.25) is 0 Å². The molecule has 11 heteroatoms. The number of aliphatic hydroxyl groups excluding tert-OH is 2. The molecule has 0 radical (unpaired) electrons. The highest BCUT2D eigenvalue weighted by Gasteiger charge is 2.30. The number of benzene rings is 5. The number of methoxy groups -OCH3 is 1. The minimum Gasteiger partial charge on any atom is -0.670 e. The number of phenolic OH excluding ortho intramolecular Hbond substituents is 3. The van der Waals surface area contributed by atoms with Crippen LogP contribution in [0.25, 0.3) is 10.8 Å². The van der Waals surface area contributed by atoms with E-state index in [0.29, 0.717) is 49.2 Å². The number of carbonyl (C=O) groups is 1. The number of nitrogens with zero attached hydrogens (tertiary/aromatic N) is 1. The summed E-state index contributed by atoms with van der Waals surface area (Å²) in [6, 6.07) is 29.7. The van der Waals surface area contributed by atoms with Crippen molar-refractivity contribution in [3.05, 3.63) is 148 Å².